The van der Waals surface area contributed by atoms with Crippen molar-refractivity contribution in [3.05, 3.63) is 57.5 Å². The average molecular weight is 363 g/mol. The second kappa shape index (κ2) is 8.18. The van der Waals surface area contributed by atoms with Gasteiger partial charge in [0.25, 0.3) is 0 Å². The third-order valence-electron chi connectivity index (χ3n) is 4.63. The van der Waals surface area contributed by atoms with Crippen molar-refractivity contribution in [2.75, 3.05) is 13.7 Å². The van der Waals surface area contributed by atoms with Gasteiger partial charge in [-0.3, -0.25) is 4.79 Å². The number of hydrogen-bond acceptors (Lipinski definition) is 3. The first-order valence-corrected chi connectivity index (χ1v) is 9.17. The Hall–Kier alpha value is -2.93. The molecule has 0 atom stereocenters. The molecule has 0 spiro atoms. The highest BCUT2D eigenvalue weighted by Gasteiger charge is 2.22. The Morgan fingerprint density at radius 2 is 1.89 bits per heavy atom. The summed E-state index contributed by atoms with van der Waals surface area (Å²) >= 11 is 0. The van der Waals surface area contributed by atoms with Gasteiger partial charge in [0, 0.05) is 35.3 Å². The molecular weight excluding hydrogens is 338 g/mol. The lowest BCUT2D eigenvalue weighted by Gasteiger charge is -2.14. The second-order valence-corrected chi connectivity index (χ2v) is 6.88. The maximum Gasteiger partial charge on any atom is 0.182 e. The zero-order valence-electron chi connectivity index (χ0n) is 16.3. The van der Waals surface area contributed by atoms with Crippen molar-refractivity contribution in [1.29, 1.82) is 0 Å². The Kier molecular flexibility index (Phi) is 5.71. The normalized spacial score (nSPS) is 13.7. The van der Waals surface area contributed by atoms with Crippen LogP contribution in [0.25, 0.3) is 11.8 Å². The van der Waals surface area contributed by atoms with E-state index in [2.05, 4.69) is 11.8 Å². The van der Waals surface area contributed by atoms with Crippen LogP contribution in [-0.2, 0) is 0 Å². The first-order valence-electron chi connectivity index (χ1n) is 9.17. The maximum absolute atomic E-state index is 11.7. The molecule has 0 N–H and O–H groups in total. The largest absolute Gasteiger partial charge is 0.493 e. The molecule has 1 aromatic heterocycles. The highest BCUT2D eigenvalue weighted by atomic mass is 16.5. The zero-order chi connectivity index (χ0) is 19.4. The fourth-order valence-corrected chi connectivity index (χ4v) is 2.97. The Balaban J connectivity index is 2.02. The quantitative estimate of drug-likeness (QED) is 0.719. The molecular formula is C23H25NO3. The van der Waals surface area contributed by atoms with E-state index in [1.165, 1.54) is 12.8 Å². The molecule has 2 aromatic rings. The minimum absolute atomic E-state index is 0.0120. The minimum atomic E-state index is 0.0120. The van der Waals surface area contributed by atoms with Crippen molar-refractivity contribution < 1.29 is 9.47 Å². The molecule has 1 saturated carbocycles. The van der Waals surface area contributed by atoms with E-state index in [0.717, 1.165) is 40.6 Å². The van der Waals surface area contributed by atoms with Gasteiger partial charge < -0.3 is 14.0 Å². The van der Waals surface area contributed by atoms with Crippen LogP contribution in [0.15, 0.2) is 35.1 Å². The Morgan fingerprint density at radius 1 is 1.19 bits per heavy atom. The lowest BCUT2D eigenvalue weighted by atomic mass is 10.1. The average Bonchev–Trinajstić information content (AvgIpc) is 3.46. The highest BCUT2D eigenvalue weighted by molar-refractivity contribution is 5.87. The van der Waals surface area contributed by atoms with Crippen LogP contribution in [0.3, 0.4) is 0 Å². The number of pyridine rings is 1. The molecule has 3 rings (SSSR count). The number of hydrogen-bond donors (Lipinski definition) is 0. The fourth-order valence-electron chi connectivity index (χ4n) is 2.97. The van der Waals surface area contributed by atoms with E-state index in [-0.39, 0.29) is 5.43 Å². The number of aromatic nitrogens is 1. The molecule has 1 heterocycles. The van der Waals surface area contributed by atoms with Crippen molar-refractivity contribution in [2.24, 2.45) is 5.92 Å². The van der Waals surface area contributed by atoms with Gasteiger partial charge in [0.1, 0.15) is 0 Å². The van der Waals surface area contributed by atoms with E-state index in [0.29, 0.717) is 5.92 Å². The van der Waals surface area contributed by atoms with Gasteiger partial charge in [-0.15, -0.1) is 5.92 Å². The second-order valence-electron chi connectivity index (χ2n) is 6.88. The summed E-state index contributed by atoms with van der Waals surface area (Å²) in [6.07, 6.45) is 4.44. The van der Waals surface area contributed by atoms with E-state index in [4.69, 9.17) is 9.47 Å². The van der Waals surface area contributed by atoms with Gasteiger partial charge in [-0.25, -0.2) is 0 Å². The summed E-state index contributed by atoms with van der Waals surface area (Å²) in [5.41, 5.74) is 3.56. The van der Waals surface area contributed by atoms with E-state index in [1.54, 1.807) is 19.2 Å². The summed E-state index contributed by atoms with van der Waals surface area (Å²) in [5, 5.41) is 0. The number of ether oxygens (including phenoxy) is 2. The summed E-state index contributed by atoms with van der Waals surface area (Å²) in [6, 6.07) is 9.11. The van der Waals surface area contributed by atoms with Gasteiger partial charge in [-0.1, -0.05) is 5.92 Å². The van der Waals surface area contributed by atoms with Gasteiger partial charge in [0.05, 0.1) is 13.7 Å². The lowest BCUT2D eigenvalue weighted by Crippen LogP contribution is -2.09. The molecule has 27 heavy (non-hydrogen) atoms. The van der Waals surface area contributed by atoms with E-state index < -0.39 is 0 Å². The predicted octanol–water partition coefficient (Wildman–Crippen LogP) is 4.28. The van der Waals surface area contributed by atoms with Crippen LogP contribution in [0, 0.1) is 31.6 Å². The molecule has 1 aromatic carbocycles. The smallest absolute Gasteiger partial charge is 0.182 e. The predicted molar refractivity (Wildman–Crippen MR) is 109 cm³/mol. The zero-order valence-corrected chi connectivity index (χ0v) is 16.3. The SMILES string of the molecule is CC#C/C(=C\n1c(C)cc(=O)cc1C)c1ccc(OC)c(OCC2CC2)c1. The fraction of sp³-hybridized carbons (Fsp3) is 0.348. The summed E-state index contributed by atoms with van der Waals surface area (Å²) in [5.74, 6) is 8.27. The summed E-state index contributed by atoms with van der Waals surface area (Å²) in [4.78, 5) is 11.7. The van der Waals surface area contributed by atoms with Crippen LogP contribution in [-0.4, -0.2) is 18.3 Å². The molecule has 0 radical (unpaired) electrons. The van der Waals surface area contributed by atoms with Gasteiger partial charge in [-0.05, 0) is 63.3 Å². The third kappa shape index (κ3) is 4.62. The third-order valence-corrected chi connectivity index (χ3v) is 4.63. The topological polar surface area (TPSA) is 40.5 Å². The highest BCUT2D eigenvalue weighted by Crippen LogP contribution is 2.34. The standard InChI is InChI=1S/C23H25NO3/c1-5-6-20(14-24-16(2)11-21(25)12-17(24)3)19-9-10-22(26-4)23(13-19)27-15-18-7-8-18/h9-14,18H,7-8,15H2,1-4H3/b20-14+. The first-order chi connectivity index (χ1) is 13.0. The molecule has 140 valence electrons. The van der Waals surface area contributed by atoms with E-state index in [9.17, 15) is 4.79 Å². The number of nitrogens with zero attached hydrogens (tertiary/aromatic N) is 1. The van der Waals surface area contributed by atoms with Gasteiger partial charge in [0.15, 0.2) is 16.9 Å². The Labute approximate surface area is 160 Å². The van der Waals surface area contributed by atoms with Crippen LogP contribution in [0.5, 0.6) is 11.5 Å². The molecule has 4 nitrogen and oxygen atoms in total. The van der Waals surface area contributed by atoms with Crippen LogP contribution in [0.4, 0.5) is 0 Å². The number of methoxy groups -OCH3 is 1. The minimum Gasteiger partial charge on any atom is -0.493 e. The molecule has 1 aliphatic rings. The number of allylic oxidation sites excluding steroid dienone is 1. The van der Waals surface area contributed by atoms with Gasteiger partial charge in [0.2, 0.25) is 0 Å². The molecule has 0 saturated heterocycles. The van der Waals surface area contributed by atoms with Crippen molar-refractivity contribution in [1.82, 2.24) is 4.57 Å². The molecule has 0 amide bonds. The number of benzene rings is 1. The van der Waals surface area contributed by atoms with Crippen molar-refractivity contribution in [3.8, 4) is 23.3 Å². The van der Waals surface area contributed by atoms with Crippen LogP contribution in [0.2, 0.25) is 0 Å². The Morgan fingerprint density at radius 3 is 2.48 bits per heavy atom. The van der Waals surface area contributed by atoms with Crippen molar-refractivity contribution in [3.63, 3.8) is 0 Å². The Bertz CT molecular complexity index is 959. The van der Waals surface area contributed by atoms with Gasteiger partial charge >= 0.3 is 0 Å². The summed E-state index contributed by atoms with van der Waals surface area (Å²) in [6.45, 7) is 6.36. The van der Waals surface area contributed by atoms with Crippen molar-refractivity contribution >= 4 is 11.8 Å². The van der Waals surface area contributed by atoms with E-state index in [1.807, 2.05) is 49.7 Å². The van der Waals surface area contributed by atoms with Crippen LogP contribution in [0.1, 0.15) is 36.7 Å². The van der Waals surface area contributed by atoms with Gasteiger partial charge in [-0.2, -0.15) is 0 Å². The summed E-state index contributed by atoms with van der Waals surface area (Å²) < 4.78 is 13.4. The van der Waals surface area contributed by atoms with Crippen LogP contribution >= 0.6 is 0 Å². The molecule has 0 bridgehead atoms. The number of aryl methyl sites for hydroxylation is 2. The summed E-state index contributed by atoms with van der Waals surface area (Å²) in [7, 11) is 1.65. The molecule has 4 heteroatoms. The molecule has 1 aliphatic carbocycles. The van der Waals surface area contributed by atoms with E-state index >= 15 is 0 Å². The number of rotatable bonds is 6. The lowest BCUT2D eigenvalue weighted by molar-refractivity contribution is 0.280. The van der Waals surface area contributed by atoms with Crippen molar-refractivity contribution in [2.45, 2.75) is 33.6 Å². The maximum atomic E-state index is 11.7. The molecule has 0 unspecified atom stereocenters. The first kappa shape index (κ1) is 18.8. The van der Waals surface area contributed by atoms with Crippen LogP contribution < -0.4 is 14.9 Å². The molecule has 1 fully saturated rings. The molecule has 0 aliphatic heterocycles. The monoisotopic (exact) mass is 363 g/mol.